The summed E-state index contributed by atoms with van der Waals surface area (Å²) in [5, 5.41) is 8.89. The van der Waals surface area contributed by atoms with Crippen molar-refractivity contribution in [1.29, 1.82) is 0 Å². The van der Waals surface area contributed by atoms with Gasteiger partial charge < -0.3 is 21.1 Å². The van der Waals surface area contributed by atoms with Gasteiger partial charge >= 0.3 is 6.03 Å². The predicted molar refractivity (Wildman–Crippen MR) is 120 cm³/mol. The molecule has 0 saturated carbocycles. The Bertz CT molecular complexity index is 1270. The SMILES string of the molecule is COc1ccc2cc([C@@]3(C)NC(=O)N(CC(=O)Nc4sccc4C(N)=O)C3=O)ccc2c1. The lowest BCUT2D eigenvalue weighted by Crippen LogP contribution is -2.42. The number of primary amides is 1. The van der Waals surface area contributed by atoms with Gasteiger partial charge in [-0.05, 0) is 52.9 Å². The van der Waals surface area contributed by atoms with Crippen LogP contribution in [0, 0.1) is 0 Å². The van der Waals surface area contributed by atoms with Gasteiger partial charge in [-0.25, -0.2) is 4.79 Å². The van der Waals surface area contributed by atoms with Crippen LogP contribution in [-0.4, -0.2) is 42.3 Å². The molecule has 9 nitrogen and oxygen atoms in total. The number of rotatable bonds is 6. The number of ether oxygens (including phenoxy) is 1. The van der Waals surface area contributed by atoms with Crippen LogP contribution in [-0.2, 0) is 15.1 Å². The van der Waals surface area contributed by atoms with E-state index in [1.165, 1.54) is 6.07 Å². The third-order valence-electron chi connectivity index (χ3n) is 5.39. The van der Waals surface area contributed by atoms with E-state index in [9.17, 15) is 19.2 Å². The average molecular weight is 452 g/mol. The standard InChI is InChI=1S/C22H20N4O5S/c1-22(14-5-3-13-10-15(31-2)6-4-12(13)9-14)20(29)26(21(30)25-22)11-17(27)24-19-16(18(23)28)7-8-32-19/h3-10H,11H2,1-2H3,(H2,23,28)(H,24,27)(H,25,30)/t22-/m1/s1. The van der Waals surface area contributed by atoms with E-state index in [1.807, 2.05) is 30.3 Å². The van der Waals surface area contributed by atoms with Gasteiger partial charge in [0.15, 0.2) is 0 Å². The smallest absolute Gasteiger partial charge is 0.325 e. The second kappa shape index (κ2) is 7.97. The zero-order chi connectivity index (χ0) is 23.0. The average Bonchev–Trinajstić information content (AvgIpc) is 3.31. The van der Waals surface area contributed by atoms with Crippen molar-refractivity contribution in [3.05, 3.63) is 59.0 Å². The van der Waals surface area contributed by atoms with Crippen LogP contribution in [0.1, 0.15) is 22.8 Å². The minimum atomic E-state index is -1.33. The molecule has 1 fully saturated rings. The number of anilines is 1. The van der Waals surface area contributed by atoms with Crippen molar-refractivity contribution in [2.75, 3.05) is 19.0 Å². The molecule has 0 aliphatic carbocycles. The summed E-state index contributed by atoms with van der Waals surface area (Å²) in [6.07, 6.45) is 0. The number of fused-ring (bicyclic) bond motifs is 1. The summed E-state index contributed by atoms with van der Waals surface area (Å²) in [7, 11) is 1.58. The summed E-state index contributed by atoms with van der Waals surface area (Å²) < 4.78 is 5.23. The van der Waals surface area contributed by atoms with E-state index in [0.717, 1.165) is 27.0 Å². The fraction of sp³-hybridized carbons (Fsp3) is 0.182. The molecule has 0 radical (unpaired) electrons. The highest BCUT2D eigenvalue weighted by molar-refractivity contribution is 7.14. The first-order valence-corrected chi connectivity index (χ1v) is 10.5. The van der Waals surface area contributed by atoms with Crippen LogP contribution in [0.3, 0.4) is 0 Å². The van der Waals surface area contributed by atoms with Gasteiger partial charge in [0.25, 0.3) is 11.8 Å². The van der Waals surface area contributed by atoms with Crippen molar-refractivity contribution < 1.29 is 23.9 Å². The number of carbonyl (C=O) groups excluding carboxylic acids is 4. The molecule has 164 valence electrons. The number of carbonyl (C=O) groups is 4. The van der Waals surface area contributed by atoms with E-state index in [-0.39, 0.29) is 10.6 Å². The third kappa shape index (κ3) is 3.65. The number of amides is 5. The van der Waals surface area contributed by atoms with Gasteiger partial charge in [-0.2, -0.15) is 0 Å². The van der Waals surface area contributed by atoms with E-state index in [0.29, 0.717) is 11.3 Å². The van der Waals surface area contributed by atoms with Gasteiger partial charge in [0.2, 0.25) is 5.91 Å². The summed E-state index contributed by atoms with van der Waals surface area (Å²) in [5.41, 5.74) is 4.71. The number of urea groups is 1. The molecule has 32 heavy (non-hydrogen) atoms. The monoisotopic (exact) mass is 452 g/mol. The van der Waals surface area contributed by atoms with Crippen LogP contribution >= 0.6 is 11.3 Å². The molecular weight excluding hydrogens is 432 g/mol. The lowest BCUT2D eigenvalue weighted by molar-refractivity contribution is -0.133. The highest BCUT2D eigenvalue weighted by atomic mass is 32.1. The number of hydrogen-bond donors (Lipinski definition) is 3. The van der Waals surface area contributed by atoms with Crippen LogP contribution in [0.4, 0.5) is 9.80 Å². The number of thiophene rings is 1. The van der Waals surface area contributed by atoms with Crippen molar-refractivity contribution >= 4 is 50.9 Å². The Morgan fingerprint density at radius 2 is 1.88 bits per heavy atom. The molecule has 0 bridgehead atoms. The maximum Gasteiger partial charge on any atom is 0.325 e. The molecule has 1 saturated heterocycles. The predicted octanol–water partition coefficient (Wildman–Crippen LogP) is 2.41. The van der Waals surface area contributed by atoms with Gasteiger partial charge in [-0.15, -0.1) is 11.3 Å². The van der Waals surface area contributed by atoms with Crippen molar-refractivity contribution in [3.63, 3.8) is 0 Å². The summed E-state index contributed by atoms with van der Waals surface area (Å²) >= 11 is 1.12. The number of hydrogen-bond acceptors (Lipinski definition) is 6. The first kappa shape index (κ1) is 21.3. The van der Waals surface area contributed by atoms with Gasteiger partial charge in [0.1, 0.15) is 22.8 Å². The molecular formula is C22H20N4O5S. The molecule has 5 amide bonds. The molecule has 0 spiro atoms. The fourth-order valence-corrected chi connectivity index (χ4v) is 4.42. The molecule has 3 aromatic rings. The molecule has 10 heteroatoms. The minimum Gasteiger partial charge on any atom is -0.497 e. The molecule has 1 aliphatic rings. The van der Waals surface area contributed by atoms with Crippen molar-refractivity contribution in [2.24, 2.45) is 5.73 Å². The van der Waals surface area contributed by atoms with Gasteiger partial charge in [-0.1, -0.05) is 18.2 Å². The number of benzene rings is 2. The Balaban J connectivity index is 1.55. The molecule has 4 N–H and O–H groups in total. The molecule has 2 aromatic carbocycles. The normalized spacial score (nSPS) is 18.0. The Kier molecular flexibility index (Phi) is 5.31. The van der Waals surface area contributed by atoms with Crippen LogP contribution < -0.4 is 21.1 Å². The first-order valence-electron chi connectivity index (χ1n) is 9.62. The van der Waals surface area contributed by atoms with Crippen molar-refractivity contribution in [2.45, 2.75) is 12.5 Å². The summed E-state index contributed by atoms with van der Waals surface area (Å²) in [5.74, 6) is -1.14. The minimum absolute atomic E-state index is 0.165. The van der Waals surface area contributed by atoms with Crippen LogP contribution in [0.25, 0.3) is 10.8 Å². The van der Waals surface area contributed by atoms with Gasteiger partial charge in [-0.3, -0.25) is 19.3 Å². The molecule has 4 rings (SSSR count). The number of nitrogens with zero attached hydrogens (tertiary/aromatic N) is 1. The summed E-state index contributed by atoms with van der Waals surface area (Å²) in [4.78, 5) is 50.5. The van der Waals surface area contributed by atoms with E-state index in [1.54, 1.807) is 25.5 Å². The van der Waals surface area contributed by atoms with E-state index < -0.39 is 35.8 Å². The summed E-state index contributed by atoms with van der Waals surface area (Å²) in [6, 6.07) is 11.8. The van der Waals surface area contributed by atoms with Crippen molar-refractivity contribution in [3.8, 4) is 5.75 Å². The summed E-state index contributed by atoms with van der Waals surface area (Å²) in [6.45, 7) is 1.10. The molecule has 1 aromatic heterocycles. The Morgan fingerprint density at radius 3 is 2.59 bits per heavy atom. The number of nitrogens with two attached hydrogens (primary N) is 1. The van der Waals surface area contributed by atoms with Crippen LogP contribution in [0.15, 0.2) is 47.8 Å². The number of nitrogens with one attached hydrogen (secondary N) is 2. The lowest BCUT2D eigenvalue weighted by atomic mass is 9.90. The van der Waals surface area contributed by atoms with E-state index in [2.05, 4.69) is 10.6 Å². The topological polar surface area (TPSA) is 131 Å². The van der Waals surface area contributed by atoms with Crippen LogP contribution in [0.5, 0.6) is 5.75 Å². The number of methoxy groups -OCH3 is 1. The van der Waals surface area contributed by atoms with E-state index >= 15 is 0 Å². The Labute approximate surface area is 187 Å². The highest BCUT2D eigenvalue weighted by Crippen LogP contribution is 2.32. The molecule has 2 heterocycles. The van der Waals surface area contributed by atoms with Gasteiger partial charge in [0.05, 0.1) is 12.7 Å². The quantitative estimate of drug-likeness (QED) is 0.495. The molecule has 1 atom stereocenters. The fourth-order valence-electron chi connectivity index (χ4n) is 3.61. The number of imide groups is 1. The van der Waals surface area contributed by atoms with Gasteiger partial charge in [0, 0.05) is 0 Å². The Hall–Kier alpha value is -3.92. The second-order valence-electron chi connectivity index (χ2n) is 7.45. The zero-order valence-corrected chi connectivity index (χ0v) is 18.1. The third-order valence-corrected chi connectivity index (χ3v) is 6.21. The molecule has 1 aliphatic heterocycles. The maximum atomic E-state index is 13.2. The zero-order valence-electron chi connectivity index (χ0n) is 17.3. The second-order valence-corrected chi connectivity index (χ2v) is 8.37. The Morgan fingerprint density at radius 1 is 1.16 bits per heavy atom. The highest BCUT2D eigenvalue weighted by Gasteiger charge is 2.49. The van der Waals surface area contributed by atoms with Crippen LogP contribution in [0.2, 0.25) is 0 Å². The molecule has 0 unspecified atom stereocenters. The van der Waals surface area contributed by atoms with E-state index in [4.69, 9.17) is 10.5 Å². The largest absolute Gasteiger partial charge is 0.497 e. The lowest BCUT2D eigenvalue weighted by Gasteiger charge is -2.22. The first-order chi connectivity index (χ1) is 15.2. The maximum absolute atomic E-state index is 13.2. The van der Waals surface area contributed by atoms with Crippen molar-refractivity contribution in [1.82, 2.24) is 10.2 Å².